The second kappa shape index (κ2) is 6.79. The van der Waals surface area contributed by atoms with Crippen LogP contribution in [0, 0.1) is 6.92 Å². The molecule has 6 heteroatoms. The predicted octanol–water partition coefficient (Wildman–Crippen LogP) is 3.61. The van der Waals surface area contributed by atoms with Gasteiger partial charge in [0, 0.05) is 6.42 Å². The van der Waals surface area contributed by atoms with Gasteiger partial charge in [-0.2, -0.15) is 0 Å². The van der Waals surface area contributed by atoms with Crippen LogP contribution in [-0.2, 0) is 6.42 Å². The summed E-state index contributed by atoms with van der Waals surface area (Å²) in [6, 6.07) is 9.31. The van der Waals surface area contributed by atoms with Crippen LogP contribution in [0.3, 0.4) is 0 Å². The highest BCUT2D eigenvalue weighted by Gasteiger charge is 2.11. The first kappa shape index (κ1) is 17.0. The number of nitrogens with one attached hydrogen (secondary N) is 1. The molecule has 0 bridgehead atoms. The fourth-order valence-corrected chi connectivity index (χ4v) is 2.53. The summed E-state index contributed by atoms with van der Waals surface area (Å²) in [5.41, 5.74) is 3.56. The molecule has 0 unspecified atom stereocenters. The quantitative estimate of drug-likeness (QED) is 0.765. The van der Waals surface area contributed by atoms with Gasteiger partial charge in [-0.3, -0.25) is 0 Å². The van der Waals surface area contributed by atoms with Crippen LogP contribution in [0.5, 0.6) is 17.2 Å². The van der Waals surface area contributed by atoms with Gasteiger partial charge >= 0.3 is 0 Å². The van der Waals surface area contributed by atoms with Gasteiger partial charge in [0.05, 0.1) is 19.7 Å². The van der Waals surface area contributed by atoms with Crippen molar-refractivity contribution in [1.82, 2.24) is 9.97 Å². The molecule has 3 aromatic rings. The van der Waals surface area contributed by atoms with Crippen LogP contribution in [0.4, 0.5) is 0 Å². The molecule has 0 aliphatic heterocycles. The largest absolute Gasteiger partial charge is 0.506 e. The van der Waals surface area contributed by atoms with Crippen LogP contribution < -0.4 is 9.47 Å². The minimum absolute atomic E-state index is 0. The van der Waals surface area contributed by atoms with Crippen molar-refractivity contribution in [3.63, 3.8) is 0 Å². The van der Waals surface area contributed by atoms with Gasteiger partial charge in [-0.15, -0.1) is 12.4 Å². The van der Waals surface area contributed by atoms with Gasteiger partial charge in [-0.1, -0.05) is 12.1 Å². The Morgan fingerprint density at radius 2 is 1.83 bits per heavy atom. The summed E-state index contributed by atoms with van der Waals surface area (Å²) in [5.74, 6) is 2.40. The molecule has 1 heterocycles. The van der Waals surface area contributed by atoms with Gasteiger partial charge < -0.3 is 19.6 Å². The number of aromatic nitrogens is 2. The molecule has 0 aliphatic carbocycles. The fraction of sp³-hybridized carbons (Fsp3) is 0.235. The highest BCUT2D eigenvalue weighted by molar-refractivity contribution is 5.85. The number of phenolic OH excluding ortho intramolecular Hbond substituents is 1. The Morgan fingerprint density at radius 1 is 1.09 bits per heavy atom. The number of aromatic hydroxyl groups is 1. The van der Waals surface area contributed by atoms with Crippen molar-refractivity contribution in [2.75, 3.05) is 14.2 Å². The summed E-state index contributed by atoms with van der Waals surface area (Å²) in [7, 11) is 3.23. The Balaban J connectivity index is 0.00000192. The van der Waals surface area contributed by atoms with E-state index in [0.717, 1.165) is 22.5 Å². The molecule has 2 aromatic carbocycles. The zero-order chi connectivity index (χ0) is 15.7. The van der Waals surface area contributed by atoms with E-state index in [0.29, 0.717) is 23.4 Å². The van der Waals surface area contributed by atoms with Crippen molar-refractivity contribution in [1.29, 1.82) is 0 Å². The molecule has 0 fully saturated rings. The number of hydrogen-bond acceptors (Lipinski definition) is 4. The van der Waals surface area contributed by atoms with E-state index in [1.165, 1.54) is 0 Å². The SMILES string of the molecule is COc1ccc(Cc2nc3c(C)ccc(O)c3[nH]2)cc1OC.Cl. The molecule has 3 rings (SSSR count). The Morgan fingerprint density at radius 3 is 2.48 bits per heavy atom. The molecule has 5 nitrogen and oxygen atoms in total. The van der Waals surface area contributed by atoms with Gasteiger partial charge in [-0.05, 0) is 36.2 Å². The van der Waals surface area contributed by atoms with E-state index in [2.05, 4.69) is 9.97 Å². The van der Waals surface area contributed by atoms with Crippen LogP contribution in [0.1, 0.15) is 17.0 Å². The first-order chi connectivity index (χ1) is 10.6. The Labute approximate surface area is 140 Å². The summed E-state index contributed by atoms with van der Waals surface area (Å²) in [5, 5.41) is 9.92. The third-order valence-electron chi connectivity index (χ3n) is 3.69. The standard InChI is InChI=1S/C17H18N2O3.ClH/c1-10-4-6-12(20)17-16(10)18-15(19-17)9-11-5-7-13(21-2)14(8-11)22-3;/h4-8,20H,9H2,1-3H3,(H,18,19);1H. The molecule has 23 heavy (non-hydrogen) atoms. The summed E-state index contributed by atoms with van der Waals surface area (Å²) >= 11 is 0. The van der Waals surface area contributed by atoms with Crippen LogP contribution >= 0.6 is 12.4 Å². The van der Waals surface area contributed by atoms with Crippen molar-refractivity contribution in [2.45, 2.75) is 13.3 Å². The number of phenols is 1. The van der Waals surface area contributed by atoms with Crippen molar-refractivity contribution in [3.8, 4) is 17.2 Å². The molecule has 122 valence electrons. The third-order valence-corrected chi connectivity index (χ3v) is 3.69. The van der Waals surface area contributed by atoms with E-state index in [1.54, 1.807) is 20.3 Å². The van der Waals surface area contributed by atoms with Gasteiger partial charge in [0.15, 0.2) is 11.5 Å². The Hall–Kier alpha value is -2.40. The van der Waals surface area contributed by atoms with Crippen molar-refractivity contribution in [2.24, 2.45) is 0 Å². The third kappa shape index (κ3) is 3.19. The lowest BCUT2D eigenvalue weighted by Gasteiger charge is -2.08. The maximum absolute atomic E-state index is 9.92. The molecular formula is C17H19ClN2O3. The van der Waals surface area contributed by atoms with Crippen molar-refractivity contribution >= 4 is 23.4 Å². The van der Waals surface area contributed by atoms with Gasteiger partial charge in [-0.25, -0.2) is 4.98 Å². The normalized spacial score (nSPS) is 10.4. The number of rotatable bonds is 4. The number of hydrogen-bond donors (Lipinski definition) is 2. The Kier molecular flexibility index (Phi) is 5.01. The van der Waals surface area contributed by atoms with Crippen molar-refractivity contribution in [3.05, 3.63) is 47.3 Å². The highest BCUT2D eigenvalue weighted by Crippen LogP contribution is 2.29. The lowest BCUT2D eigenvalue weighted by atomic mass is 10.1. The molecule has 0 saturated heterocycles. The van der Waals surface area contributed by atoms with E-state index in [-0.39, 0.29) is 18.2 Å². The number of fused-ring (bicyclic) bond motifs is 1. The molecule has 0 radical (unpaired) electrons. The van der Waals surface area contributed by atoms with Crippen molar-refractivity contribution < 1.29 is 14.6 Å². The Bertz CT molecular complexity index is 791. The first-order valence-corrected chi connectivity index (χ1v) is 7.00. The summed E-state index contributed by atoms with van der Waals surface area (Å²) in [6.45, 7) is 1.98. The first-order valence-electron chi connectivity index (χ1n) is 7.00. The molecule has 1 aromatic heterocycles. The zero-order valence-electron chi connectivity index (χ0n) is 13.2. The minimum atomic E-state index is 0. The predicted molar refractivity (Wildman–Crippen MR) is 92.1 cm³/mol. The number of methoxy groups -OCH3 is 2. The van der Waals surface area contributed by atoms with Crippen LogP contribution in [0.25, 0.3) is 11.0 Å². The zero-order valence-corrected chi connectivity index (χ0v) is 14.0. The number of ether oxygens (including phenoxy) is 2. The van der Waals surface area contributed by atoms with Gasteiger partial charge in [0.2, 0.25) is 0 Å². The number of imidazole rings is 1. The van der Waals surface area contributed by atoms with Crippen LogP contribution in [-0.4, -0.2) is 29.3 Å². The lowest BCUT2D eigenvalue weighted by Crippen LogP contribution is -1.95. The number of nitrogens with zero attached hydrogens (tertiary/aromatic N) is 1. The monoisotopic (exact) mass is 334 g/mol. The molecule has 0 spiro atoms. The average molecular weight is 335 g/mol. The number of aryl methyl sites for hydroxylation is 1. The number of halogens is 1. The minimum Gasteiger partial charge on any atom is -0.506 e. The maximum Gasteiger partial charge on any atom is 0.161 e. The smallest absolute Gasteiger partial charge is 0.161 e. The maximum atomic E-state index is 9.92. The molecule has 0 atom stereocenters. The average Bonchev–Trinajstić information content (AvgIpc) is 2.96. The van der Waals surface area contributed by atoms with E-state index >= 15 is 0 Å². The van der Waals surface area contributed by atoms with E-state index < -0.39 is 0 Å². The topological polar surface area (TPSA) is 67.4 Å². The lowest BCUT2D eigenvalue weighted by molar-refractivity contribution is 0.354. The van der Waals surface area contributed by atoms with Gasteiger partial charge in [0.1, 0.15) is 17.1 Å². The van der Waals surface area contributed by atoms with E-state index in [9.17, 15) is 5.11 Å². The van der Waals surface area contributed by atoms with E-state index in [4.69, 9.17) is 9.47 Å². The summed E-state index contributed by atoms with van der Waals surface area (Å²) < 4.78 is 10.6. The summed E-state index contributed by atoms with van der Waals surface area (Å²) in [4.78, 5) is 7.76. The van der Waals surface area contributed by atoms with E-state index in [1.807, 2.05) is 31.2 Å². The molecule has 0 aliphatic rings. The second-order valence-electron chi connectivity index (χ2n) is 5.17. The highest BCUT2D eigenvalue weighted by atomic mass is 35.5. The van der Waals surface area contributed by atoms with Crippen LogP contribution in [0.2, 0.25) is 0 Å². The molecular weight excluding hydrogens is 316 g/mol. The molecule has 2 N–H and O–H groups in total. The molecule has 0 amide bonds. The number of benzene rings is 2. The van der Waals surface area contributed by atoms with Crippen LogP contribution in [0.15, 0.2) is 30.3 Å². The molecule has 0 saturated carbocycles. The number of aromatic amines is 1. The second-order valence-corrected chi connectivity index (χ2v) is 5.17. The number of H-pyrrole nitrogens is 1. The summed E-state index contributed by atoms with van der Waals surface area (Å²) in [6.07, 6.45) is 0.619. The van der Waals surface area contributed by atoms with Gasteiger partial charge in [0.25, 0.3) is 0 Å². The fourth-order valence-electron chi connectivity index (χ4n) is 2.53.